The second-order valence-electron chi connectivity index (χ2n) is 11.0. The summed E-state index contributed by atoms with van der Waals surface area (Å²) in [4.78, 5) is 11.8. The lowest BCUT2D eigenvalue weighted by molar-refractivity contribution is -0.116. The zero-order valence-corrected chi connectivity index (χ0v) is 20.1. The number of benzene rings is 1. The van der Waals surface area contributed by atoms with Gasteiger partial charge >= 0.3 is 0 Å². The minimum Gasteiger partial charge on any atom is -0.507 e. The molecule has 1 aromatic heterocycles. The molecule has 2 aromatic rings. The Morgan fingerprint density at radius 3 is 2.56 bits per heavy atom. The topological polar surface area (TPSA) is 99.2 Å². The number of hydrogen-bond acceptors (Lipinski definition) is 6. The van der Waals surface area contributed by atoms with Crippen molar-refractivity contribution in [3.05, 3.63) is 42.0 Å². The van der Waals surface area contributed by atoms with Gasteiger partial charge in [-0.2, -0.15) is 0 Å². The van der Waals surface area contributed by atoms with Gasteiger partial charge < -0.3 is 21.1 Å². The Morgan fingerprint density at radius 1 is 1.15 bits per heavy atom. The van der Waals surface area contributed by atoms with Crippen LogP contribution in [0.3, 0.4) is 0 Å². The molecule has 2 saturated heterocycles. The van der Waals surface area contributed by atoms with Gasteiger partial charge in [-0.05, 0) is 101 Å². The van der Waals surface area contributed by atoms with Crippen molar-refractivity contribution >= 4 is 17.8 Å². The summed E-state index contributed by atoms with van der Waals surface area (Å²) in [7, 11) is 0. The zero-order valence-electron chi connectivity index (χ0n) is 20.1. The van der Waals surface area contributed by atoms with Crippen LogP contribution < -0.4 is 16.0 Å². The highest BCUT2D eigenvalue weighted by atomic mass is 16.3. The van der Waals surface area contributed by atoms with Gasteiger partial charge in [0.1, 0.15) is 11.6 Å². The Balaban J connectivity index is 1.18. The van der Waals surface area contributed by atoms with E-state index in [1.165, 1.54) is 38.2 Å². The van der Waals surface area contributed by atoms with Crippen molar-refractivity contribution in [2.24, 2.45) is 5.92 Å². The molecule has 2 bridgehead atoms. The Kier molecular flexibility index (Phi) is 6.06. The first-order valence-electron chi connectivity index (χ1n) is 12.5. The SMILES string of the molecule is CC12CCCC(C)(CC(CNc3ccc(-c4ccc(/C=C/C(=O)NC5CC5)cc4O)nn3)C1)N2. The summed E-state index contributed by atoms with van der Waals surface area (Å²) in [6, 6.07) is 9.43. The van der Waals surface area contributed by atoms with Gasteiger partial charge in [0, 0.05) is 35.3 Å². The highest BCUT2D eigenvalue weighted by Crippen LogP contribution is 2.42. The van der Waals surface area contributed by atoms with E-state index in [0.717, 1.165) is 30.8 Å². The number of carbonyl (C=O) groups is 1. The molecule has 2 atom stereocenters. The number of fused-ring (bicyclic) bond motifs is 2. The quantitative estimate of drug-likeness (QED) is 0.460. The number of piperidine rings is 2. The number of anilines is 1. The first kappa shape index (κ1) is 22.8. The van der Waals surface area contributed by atoms with Crippen LogP contribution in [0.2, 0.25) is 0 Å². The van der Waals surface area contributed by atoms with E-state index >= 15 is 0 Å². The maximum absolute atomic E-state index is 11.8. The van der Waals surface area contributed by atoms with Crippen LogP contribution in [-0.2, 0) is 4.79 Å². The van der Waals surface area contributed by atoms with Crippen LogP contribution in [0.1, 0.15) is 64.4 Å². The van der Waals surface area contributed by atoms with Gasteiger partial charge in [-0.1, -0.05) is 6.07 Å². The predicted octanol–water partition coefficient (Wildman–Crippen LogP) is 4.25. The summed E-state index contributed by atoms with van der Waals surface area (Å²) < 4.78 is 0. The average Bonchev–Trinajstić information content (AvgIpc) is 3.59. The highest BCUT2D eigenvalue weighted by molar-refractivity contribution is 5.92. The monoisotopic (exact) mass is 461 g/mol. The van der Waals surface area contributed by atoms with Crippen LogP contribution in [-0.4, -0.2) is 44.9 Å². The second-order valence-corrected chi connectivity index (χ2v) is 11.0. The van der Waals surface area contributed by atoms with Crippen molar-refractivity contribution in [1.29, 1.82) is 0 Å². The third-order valence-corrected chi connectivity index (χ3v) is 7.42. The average molecular weight is 462 g/mol. The molecule has 3 aliphatic rings. The van der Waals surface area contributed by atoms with Crippen molar-refractivity contribution < 1.29 is 9.90 Å². The van der Waals surface area contributed by atoms with Crippen LogP contribution >= 0.6 is 0 Å². The molecule has 2 unspecified atom stereocenters. The van der Waals surface area contributed by atoms with E-state index in [4.69, 9.17) is 0 Å². The minimum atomic E-state index is -0.101. The van der Waals surface area contributed by atoms with E-state index in [9.17, 15) is 9.90 Å². The van der Waals surface area contributed by atoms with Crippen molar-refractivity contribution in [1.82, 2.24) is 20.8 Å². The normalized spacial score (nSPS) is 28.6. The molecule has 1 saturated carbocycles. The number of aromatic hydroxyl groups is 1. The Morgan fingerprint density at radius 2 is 1.91 bits per heavy atom. The van der Waals surface area contributed by atoms with Gasteiger partial charge in [0.15, 0.2) is 0 Å². The van der Waals surface area contributed by atoms with Gasteiger partial charge in [0.2, 0.25) is 5.91 Å². The van der Waals surface area contributed by atoms with Crippen molar-refractivity contribution in [3.8, 4) is 17.0 Å². The molecule has 1 amide bonds. The lowest BCUT2D eigenvalue weighted by Gasteiger charge is -2.53. The number of nitrogens with one attached hydrogen (secondary N) is 3. The number of carbonyl (C=O) groups excluding carboxylic acids is 1. The van der Waals surface area contributed by atoms with E-state index < -0.39 is 0 Å². The molecule has 3 heterocycles. The minimum absolute atomic E-state index is 0.101. The van der Waals surface area contributed by atoms with Crippen LogP contribution in [0, 0.1) is 5.92 Å². The fraction of sp³-hybridized carbons (Fsp3) is 0.519. The van der Waals surface area contributed by atoms with Crippen molar-refractivity contribution in [2.75, 3.05) is 11.9 Å². The number of hydrogen-bond donors (Lipinski definition) is 4. The first-order chi connectivity index (χ1) is 16.3. The molecule has 180 valence electrons. The van der Waals surface area contributed by atoms with Crippen molar-refractivity contribution in [3.63, 3.8) is 0 Å². The molecule has 3 fully saturated rings. The molecular weight excluding hydrogens is 426 g/mol. The summed E-state index contributed by atoms with van der Waals surface area (Å²) >= 11 is 0. The predicted molar refractivity (Wildman–Crippen MR) is 134 cm³/mol. The molecule has 5 rings (SSSR count). The Bertz CT molecular complexity index is 1060. The van der Waals surface area contributed by atoms with E-state index in [2.05, 4.69) is 40.0 Å². The van der Waals surface area contributed by atoms with E-state index in [1.54, 1.807) is 18.2 Å². The molecule has 34 heavy (non-hydrogen) atoms. The molecule has 0 radical (unpaired) electrons. The van der Waals surface area contributed by atoms with E-state index in [1.807, 2.05) is 18.2 Å². The number of rotatable bonds is 7. The largest absolute Gasteiger partial charge is 0.507 e. The molecule has 1 aliphatic carbocycles. The van der Waals surface area contributed by atoms with Crippen LogP contribution in [0.15, 0.2) is 36.4 Å². The van der Waals surface area contributed by atoms with Gasteiger partial charge in [-0.3, -0.25) is 4.79 Å². The number of phenolic OH excluding ortho intramolecular Hbond substituents is 1. The highest BCUT2D eigenvalue weighted by Gasteiger charge is 2.45. The third-order valence-electron chi connectivity index (χ3n) is 7.42. The lowest BCUT2D eigenvalue weighted by Crippen LogP contribution is -2.63. The fourth-order valence-electron chi connectivity index (χ4n) is 5.86. The van der Waals surface area contributed by atoms with Crippen molar-refractivity contribution in [2.45, 2.75) is 75.9 Å². The summed E-state index contributed by atoms with van der Waals surface area (Å²) in [5.74, 6) is 1.37. The summed E-state index contributed by atoms with van der Waals surface area (Å²) in [5.41, 5.74) is 2.47. The van der Waals surface area contributed by atoms with Crippen LogP contribution in [0.5, 0.6) is 5.75 Å². The van der Waals surface area contributed by atoms with Crippen LogP contribution in [0.4, 0.5) is 5.82 Å². The van der Waals surface area contributed by atoms with Gasteiger partial charge in [0.05, 0.1) is 5.69 Å². The summed E-state index contributed by atoms with van der Waals surface area (Å²) in [5, 5.41) is 29.5. The molecule has 7 heteroatoms. The third kappa shape index (κ3) is 5.41. The summed E-state index contributed by atoms with van der Waals surface area (Å²) in [6.07, 6.45) is 11.5. The Labute approximate surface area is 201 Å². The second kappa shape index (κ2) is 9.02. The maximum Gasteiger partial charge on any atom is 0.244 e. The molecule has 4 N–H and O–H groups in total. The van der Waals surface area contributed by atoms with Gasteiger partial charge in [-0.15, -0.1) is 10.2 Å². The van der Waals surface area contributed by atoms with Crippen LogP contribution in [0.25, 0.3) is 17.3 Å². The number of phenols is 1. The Hall–Kier alpha value is -2.93. The van der Waals surface area contributed by atoms with Gasteiger partial charge in [-0.25, -0.2) is 0 Å². The zero-order chi connectivity index (χ0) is 23.8. The smallest absolute Gasteiger partial charge is 0.244 e. The molecule has 1 aromatic carbocycles. The van der Waals surface area contributed by atoms with Gasteiger partial charge in [0.25, 0.3) is 0 Å². The number of amides is 1. The lowest BCUT2D eigenvalue weighted by atomic mass is 9.67. The molecular formula is C27H35N5O2. The van der Waals surface area contributed by atoms with E-state index in [-0.39, 0.29) is 22.7 Å². The molecule has 2 aliphatic heterocycles. The number of aromatic nitrogens is 2. The molecule has 7 nitrogen and oxygen atoms in total. The molecule has 0 spiro atoms. The maximum atomic E-state index is 11.8. The standard InChI is InChI=1S/C27H35N5O2/c1-26-12-3-13-27(2,32-26)16-19(15-26)17-28-24-10-9-22(30-31-24)21-8-4-18(14-23(21)33)5-11-25(34)29-20-6-7-20/h4-5,8-11,14,19-20,32-33H,3,6-7,12-13,15-17H2,1-2H3,(H,28,31)(H,29,34)/b11-5+. The van der Waals surface area contributed by atoms with E-state index in [0.29, 0.717) is 23.2 Å². The number of nitrogens with zero attached hydrogens (tertiary/aromatic N) is 2. The fourth-order valence-corrected chi connectivity index (χ4v) is 5.86. The first-order valence-corrected chi connectivity index (χ1v) is 12.5. The summed E-state index contributed by atoms with van der Waals surface area (Å²) in [6.45, 7) is 5.62.